The van der Waals surface area contributed by atoms with E-state index in [1.54, 1.807) is 20.8 Å². The first-order valence-corrected chi connectivity index (χ1v) is 4.59. The van der Waals surface area contributed by atoms with Gasteiger partial charge in [-0.15, -0.1) is 0 Å². The number of rotatable bonds is 2. The van der Waals surface area contributed by atoms with Crippen molar-refractivity contribution in [3.8, 4) is 0 Å². The zero-order valence-electron chi connectivity index (χ0n) is 10.9. The molecule has 0 heterocycles. The second-order valence-corrected chi connectivity index (χ2v) is 4.15. The quantitative estimate of drug-likeness (QED) is 0.658. The van der Waals surface area contributed by atoms with Crippen LogP contribution in [-0.4, -0.2) is 42.7 Å². The third kappa shape index (κ3) is 4.67. The number of ether oxygens (including phenoxy) is 2. The van der Waals surface area contributed by atoms with Gasteiger partial charge in [-0.2, -0.15) is 0 Å². The summed E-state index contributed by atoms with van der Waals surface area (Å²) in [5.41, 5.74) is -0.652. The number of methoxy groups -OCH3 is 1. The number of esters is 1. The molecule has 0 unspecified atom stereocenters. The van der Waals surface area contributed by atoms with E-state index < -0.39 is 23.7 Å². The fourth-order valence-corrected chi connectivity index (χ4v) is 0.776. The van der Waals surface area contributed by atoms with Gasteiger partial charge in [0, 0.05) is 8.39 Å². The molecule has 0 aliphatic carbocycles. The molecule has 88 valence electrons. The van der Waals surface area contributed by atoms with Gasteiger partial charge in [-0.25, -0.2) is 9.59 Å². The van der Waals surface area contributed by atoms with Gasteiger partial charge in [-0.05, 0) is 27.7 Å². The van der Waals surface area contributed by atoms with E-state index in [-0.39, 0.29) is 7.02 Å². The molecule has 1 atom stereocenters. The molecule has 0 aliphatic rings. The average Bonchev–Trinajstić information content (AvgIpc) is 2.14. The maximum Gasteiger partial charge on any atom is 0.410 e. The molecule has 0 N–H and O–H groups in total. The Labute approximate surface area is 91.7 Å². The predicted octanol–water partition coefficient (Wildman–Crippen LogP) is 1.41. The normalized spacial score (nSPS) is 13.8. The minimum atomic E-state index is -0.822. The van der Waals surface area contributed by atoms with Crippen LogP contribution in [0.25, 0.3) is 0 Å². The highest BCUT2D eigenvalue weighted by Crippen LogP contribution is 2.10. The van der Waals surface area contributed by atoms with Crippen molar-refractivity contribution in [2.45, 2.75) is 39.3 Å². The summed E-state index contributed by atoms with van der Waals surface area (Å²) in [7, 11) is 0.876. The molecule has 5 nitrogen and oxygen atoms in total. The third-order valence-electron chi connectivity index (χ3n) is 1.64. The number of carbonyl (C=O) groups excluding carboxylic acids is 2. The zero-order chi connectivity index (χ0) is 12.9. The Bertz CT molecular complexity index is 262. The number of hydrogen-bond donors (Lipinski definition) is 0. The van der Waals surface area contributed by atoms with Crippen LogP contribution >= 0.6 is 0 Å². The van der Waals surface area contributed by atoms with Crippen molar-refractivity contribution >= 4 is 12.1 Å². The number of hydrogen-bond acceptors (Lipinski definition) is 4. The molecule has 0 aliphatic heterocycles. The molecule has 0 fully saturated rings. The Hall–Kier alpha value is -1.26. The lowest BCUT2D eigenvalue weighted by atomic mass is 10.2. The average molecular weight is 218 g/mol. The fraction of sp³-hybridized carbons (Fsp3) is 0.800. The maximum absolute atomic E-state index is 11.6. The van der Waals surface area contributed by atoms with Crippen LogP contribution in [0.5, 0.6) is 0 Å². The van der Waals surface area contributed by atoms with Gasteiger partial charge >= 0.3 is 12.1 Å². The molecule has 0 saturated carbocycles. The highest BCUT2D eigenvalue weighted by Gasteiger charge is 2.27. The SMILES string of the molecule is [2H]CN(C(=O)OC(C)(C)C)[C@@H](C)C(=O)OC. The second-order valence-electron chi connectivity index (χ2n) is 4.15. The first kappa shape index (κ1) is 11.8. The van der Waals surface area contributed by atoms with E-state index >= 15 is 0 Å². The van der Waals surface area contributed by atoms with Gasteiger partial charge in [0.15, 0.2) is 0 Å². The smallest absolute Gasteiger partial charge is 0.410 e. The summed E-state index contributed by atoms with van der Waals surface area (Å²) in [6.07, 6.45) is -0.694. The first-order valence-electron chi connectivity index (χ1n) is 5.30. The van der Waals surface area contributed by atoms with Gasteiger partial charge in [0.2, 0.25) is 0 Å². The lowest BCUT2D eigenvalue weighted by molar-refractivity contribution is -0.145. The molecule has 15 heavy (non-hydrogen) atoms. The monoisotopic (exact) mass is 218 g/mol. The lowest BCUT2D eigenvalue weighted by Gasteiger charge is -2.27. The van der Waals surface area contributed by atoms with Crippen LogP contribution in [0, 0.1) is 0 Å². The molecule has 0 spiro atoms. The summed E-state index contributed by atoms with van der Waals surface area (Å²) >= 11 is 0. The second kappa shape index (κ2) is 5.00. The number of likely N-dealkylation sites (N-methyl/N-ethyl adjacent to an activating group) is 1. The van der Waals surface area contributed by atoms with Gasteiger partial charge < -0.3 is 9.47 Å². The van der Waals surface area contributed by atoms with Gasteiger partial charge in [0.05, 0.1) is 7.11 Å². The Morgan fingerprint density at radius 2 is 1.93 bits per heavy atom. The minimum Gasteiger partial charge on any atom is -0.467 e. The van der Waals surface area contributed by atoms with Crippen LogP contribution in [0.4, 0.5) is 4.79 Å². The van der Waals surface area contributed by atoms with Crippen molar-refractivity contribution in [1.82, 2.24) is 4.90 Å². The van der Waals surface area contributed by atoms with Gasteiger partial charge in [-0.3, -0.25) is 4.90 Å². The molecule has 0 rings (SSSR count). The van der Waals surface area contributed by atoms with Crippen LogP contribution in [0.2, 0.25) is 0 Å². The Morgan fingerprint density at radius 1 is 1.40 bits per heavy atom. The predicted molar refractivity (Wildman–Crippen MR) is 55.5 cm³/mol. The standard InChI is InChI=1S/C10H19NO4/c1-7(8(12)14-6)11(5)9(13)15-10(2,3)4/h7H,1-6H3/t7-/m0/s1/i5D. The fourth-order valence-electron chi connectivity index (χ4n) is 0.776. The van der Waals surface area contributed by atoms with E-state index in [1.165, 1.54) is 14.0 Å². The number of carbonyl (C=O) groups is 2. The third-order valence-corrected chi connectivity index (χ3v) is 1.64. The largest absolute Gasteiger partial charge is 0.467 e. The van der Waals surface area contributed by atoms with Crippen molar-refractivity contribution in [3.63, 3.8) is 0 Å². The Morgan fingerprint density at radius 3 is 2.27 bits per heavy atom. The summed E-state index contributed by atoms with van der Waals surface area (Å²) < 4.78 is 16.8. The first-order chi connectivity index (χ1) is 7.22. The van der Waals surface area contributed by atoms with Crippen molar-refractivity contribution in [3.05, 3.63) is 0 Å². The van der Waals surface area contributed by atoms with E-state index in [1.807, 2.05) is 0 Å². The highest BCUT2D eigenvalue weighted by molar-refractivity contribution is 5.80. The number of amides is 1. The molecule has 5 heteroatoms. The van der Waals surface area contributed by atoms with E-state index in [0.29, 0.717) is 0 Å². The topological polar surface area (TPSA) is 55.8 Å². The molecule has 0 aromatic carbocycles. The minimum absolute atomic E-state index is 0.356. The highest BCUT2D eigenvalue weighted by atomic mass is 16.6. The molecular formula is C10H19NO4. The van der Waals surface area contributed by atoms with Gasteiger partial charge in [0.25, 0.3) is 0 Å². The summed E-state index contributed by atoms with van der Waals surface area (Å²) in [6, 6.07) is -0.822. The van der Waals surface area contributed by atoms with Crippen LogP contribution in [0.1, 0.15) is 29.1 Å². The Kier molecular flexibility index (Phi) is 3.94. The van der Waals surface area contributed by atoms with E-state index in [4.69, 9.17) is 6.11 Å². The van der Waals surface area contributed by atoms with Gasteiger partial charge in [-0.1, -0.05) is 0 Å². The van der Waals surface area contributed by atoms with Crippen LogP contribution in [-0.2, 0) is 14.3 Å². The van der Waals surface area contributed by atoms with E-state index in [2.05, 4.69) is 4.74 Å². The Balaban J connectivity index is 4.61. The van der Waals surface area contributed by atoms with Crippen molar-refractivity contribution in [2.24, 2.45) is 0 Å². The van der Waals surface area contributed by atoms with Crippen molar-refractivity contribution in [1.29, 1.82) is 0 Å². The molecule has 0 saturated heterocycles. The lowest BCUT2D eigenvalue weighted by Crippen LogP contribution is -2.43. The molecule has 0 aromatic rings. The van der Waals surface area contributed by atoms with Crippen LogP contribution in [0.3, 0.4) is 0 Å². The van der Waals surface area contributed by atoms with Crippen molar-refractivity contribution < 1.29 is 20.4 Å². The van der Waals surface area contributed by atoms with Gasteiger partial charge in [0.1, 0.15) is 11.6 Å². The van der Waals surface area contributed by atoms with Crippen LogP contribution in [0.15, 0.2) is 0 Å². The van der Waals surface area contributed by atoms with E-state index in [0.717, 1.165) is 4.90 Å². The number of nitrogens with zero attached hydrogens (tertiary/aromatic N) is 1. The summed E-state index contributed by atoms with van der Waals surface area (Å²) in [6.45, 7) is 6.64. The maximum atomic E-state index is 11.6. The molecular weight excluding hydrogens is 198 g/mol. The molecule has 0 radical (unpaired) electrons. The van der Waals surface area contributed by atoms with E-state index in [9.17, 15) is 9.59 Å². The van der Waals surface area contributed by atoms with Crippen molar-refractivity contribution in [2.75, 3.05) is 14.1 Å². The summed E-state index contributed by atoms with van der Waals surface area (Å²) in [4.78, 5) is 23.9. The molecule has 1 amide bonds. The molecule has 0 aromatic heterocycles. The summed E-state index contributed by atoms with van der Waals surface area (Å²) in [5, 5.41) is 0. The summed E-state index contributed by atoms with van der Waals surface area (Å²) in [5.74, 6) is -0.571. The zero-order valence-corrected chi connectivity index (χ0v) is 9.86. The van der Waals surface area contributed by atoms with Crippen LogP contribution < -0.4 is 0 Å². The molecule has 0 bridgehead atoms.